The van der Waals surface area contributed by atoms with Gasteiger partial charge in [0.05, 0.1) is 5.02 Å². The van der Waals surface area contributed by atoms with Crippen LogP contribution in [0.3, 0.4) is 0 Å². The number of carbonyl (C=O) groups excluding carboxylic acids is 1. The molecule has 1 rings (SSSR count). The highest BCUT2D eigenvalue weighted by atomic mass is 35.5. The number of hydrogen-bond donors (Lipinski definition) is 1. The first-order chi connectivity index (χ1) is 7.10. The molecule has 0 unspecified atom stereocenters. The van der Waals surface area contributed by atoms with E-state index in [2.05, 4.69) is 0 Å². The first-order valence-electron chi connectivity index (χ1n) is 4.91. The van der Waals surface area contributed by atoms with Crippen molar-refractivity contribution in [2.24, 2.45) is 5.73 Å². The lowest BCUT2D eigenvalue weighted by Gasteiger charge is -2.16. The smallest absolute Gasteiger partial charge is 0.270 e. The molecule has 0 aliphatic heterocycles. The van der Waals surface area contributed by atoms with Crippen LogP contribution in [-0.2, 0) is 6.54 Å². The highest BCUT2D eigenvalue weighted by Crippen LogP contribution is 2.15. The summed E-state index contributed by atoms with van der Waals surface area (Å²) in [5.41, 5.74) is 6.00. The summed E-state index contributed by atoms with van der Waals surface area (Å²) in [5, 5.41) is 0.585. The van der Waals surface area contributed by atoms with Crippen LogP contribution in [0.5, 0.6) is 0 Å². The third-order valence-corrected chi connectivity index (χ3v) is 2.44. The number of amides is 1. The van der Waals surface area contributed by atoms with Crippen LogP contribution < -0.4 is 5.73 Å². The summed E-state index contributed by atoms with van der Waals surface area (Å²) in [6, 6.07) is 1.68. The van der Waals surface area contributed by atoms with Crippen molar-refractivity contribution in [2.45, 2.75) is 13.5 Å². The maximum Gasteiger partial charge on any atom is 0.270 e. The predicted molar refractivity (Wildman–Crippen MR) is 61.1 cm³/mol. The molecule has 1 aromatic rings. The van der Waals surface area contributed by atoms with Gasteiger partial charge in [-0.1, -0.05) is 11.6 Å². The molecule has 1 heterocycles. The predicted octanol–water partition coefficient (Wildman–Crippen LogP) is 1.19. The second kappa shape index (κ2) is 5.19. The average Bonchev–Trinajstić information content (AvgIpc) is 2.58. The minimum Gasteiger partial charge on any atom is -0.342 e. The fourth-order valence-corrected chi connectivity index (χ4v) is 1.63. The molecule has 84 valence electrons. The summed E-state index contributed by atoms with van der Waals surface area (Å²) in [6.07, 6.45) is 1.76. The minimum absolute atomic E-state index is 0.0470. The van der Waals surface area contributed by atoms with Crippen molar-refractivity contribution in [1.29, 1.82) is 0 Å². The molecule has 0 atom stereocenters. The molecule has 1 amide bonds. The van der Waals surface area contributed by atoms with Crippen molar-refractivity contribution in [1.82, 2.24) is 9.47 Å². The van der Waals surface area contributed by atoms with Gasteiger partial charge in [0.15, 0.2) is 0 Å². The Bertz CT molecular complexity index is 348. The van der Waals surface area contributed by atoms with E-state index in [0.29, 0.717) is 23.8 Å². The molecule has 0 saturated heterocycles. The van der Waals surface area contributed by atoms with Gasteiger partial charge in [-0.25, -0.2) is 0 Å². The molecule has 0 fully saturated rings. The molecule has 0 spiro atoms. The van der Waals surface area contributed by atoms with E-state index in [1.165, 1.54) is 0 Å². The summed E-state index contributed by atoms with van der Waals surface area (Å²) in [5.74, 6) is -0.0470. The Labute approximate surface area is 94.6 Å². The Morgan fingerprint density at radius 3 is 2.87 bits per heavy atom. The zero-order valence-corrected chi connectivity index (χ0v) is 9.79. The van der Waals surface area contributed by atoms with E-state index in [1.54, 1.807) is 24.2 Å². The Morgan fingerprint density at radius 1 is 1.67 bits per heavy atom. The van der Waals surface area contributed by atoms with Gasteiger partial charge in [0.2, 0.25) is 0 Å². The lowest BCUT2D eigenvalue weighted by Crippen LogP contribution is -2.32. The van der Waals surface area contributed by atoms with E-state index in [0.717, 1.165) is 6.54 Å². The van der Waals surface area contributed by atoms with Crippen LogP contribution in [0.2, 0.25) is 5.02 Å². The number of nitrogens with two attached hydrogens (primary N) is 1. The number of likely N-dealkylation sites (N-methyl/N-ethyl adjacent to an activating group) is 1. The summed E-state index contributed by atoms with van der Waals surface area (Å²) in [7, 11) is 1.73. The van der Waals surface area contributed by atoms with Gasteiger partial charge in [-0.2, -0.15) is 0 Å². The van der Waals surface area contributed by atoms with Crippen LogP contribution in [0.1, 0.15) is 17.4 Å². The van der Waals surface area contributed by atoms with Gasteiger partial charge in [0.25, 0.3) is 5.91 Å². The van der Waals surface area contributed by atoms with Gasteiger partial charge in [0, 0.05) is 32.9 Å². The summed E-state index contributed by atoms with van der Waals surface area (Å²) >= 11 is 5.85. The maximum absolute atomic E-state index is 11.9. The van der Waals surface area contributed by atoms with Crippen molar-refractivity contribution >= 4 is 17.5 Å². The van der Waals surface area contributed by atoms with Crippen molar-refractivity contribution in [3.63, 3.8) is 0 Å². The normalized spacial score (nSPS) is 10.4. The van der Waals surface area contributed by atoms with Gasteiger partial charge in [-0.05, 0) is 13.0 Å². The van der Waals surface area contributed by atoms with Gasteiger partial charge >= 0.3 is 0 Å². The number of rotatable bonds is 4. The maximum atomic E-state index is 11.9. The standard InChI is InChI=1S/C10H16ClN3O/c1-3-14-7-8(11)6-9(14)10(15)13(2)5-4-12/h6-7H,3-5,12H2,1-2H3. The monoisotopic (exact) mass is 229 g/mol. The van der Waals surface area contributed by atoms with Gasteiger partial charge in [-0.3, -0.25) is 4.79 Å². The average molecular weight is 230 g/mol. The van der Waals surface area contributed by atoms with Crippen molar-refractivity contribution in [3.8, 4) is 0 Å². The van der Waals surface area contributed by atoms with Gasteiger partial charge in [0.1, 0.15) is 5.69 Å². The van der Waals surface area contributed by atoms with E-state index < -0.39 is 0 Å². The number of aryl methyl sites for hydroxylation is 1. The fourth-order valence-electron chi connectivity index (χ4n) is 1.41. The number of nitrogens with zero attached hydrogens (tertiary/aromatic N) is 2. The number of hydrogen-bond acceptors (Lipinski definition) is 2. The van der Waals surface area contributed by atoms with Gasteiger partial charge in [-0.15, -0.1) is 0 Å². The second-order valence-corrected chi connectivity index (χ2v) is 3.78. The lowest BCUT2D eigenvalue weighted by molar-refractivity contribution is 0.0788. The van der Waals surface area contributed by atoms with Gasteiger partial charge < -0.3 is 15.2 Å². The van der Waals surface area contributed by atoms with Crippen LogP contribution >= 0.6 is 11.6 Å². The number of halogens is 1. The Hall–Kier alpha value is -1.00. The Kier molecular flexibility index (Phi) is 4.17. The first-order valence-corrected chi connectivity index (χ1v) is 5.29. The molecule has 1 aromatic heterocycles. The molecule has 2 N–H and O–H groups in total. The highest BCUT2D eigenvalue weighted by Gasteiger charge is 2.15. The van der Waals surface area contributed by atoms with E-state index in [4.69, 9.17) is 17.3 Å². The molecule has 5 heteroatoms. The molecular weight excluding hydrogens is 214 g/mol. The SMILES string of the molecule is CCn1cc(Cl)cc1C(=O)N(C)CCN. The Morgan fingerprint density at radius 2 is 2.33 bits per heavy atom. The van der Waals surface area contributed by atoms with Crippen molar-refractivity contribution in [3.05, 3.63) is 23.0 Å². The van der Waals surface area contributed by atoms with E-state index in [1.807, 2.05) is 11.5 Å². The largest absolute Gasteiger partial charge is 0.342 e. The molecule has 0 saturated carbocycles. The van der Waals surface area contributed by atoms with E-state index >= 15 is 0 Å². The lowest BCUT2D eigenvalue weighted by atomic mass is 10.3. The van der Waals surface area contributed by atoms with E-state index in [-0.39, 0.29) is 5.91 Å². The van der Waals surface area contributed by atoms with Crippen LogP contribution in [0, 0.1) is 0 Å². The van der Waals surface area contributed by atoms with Crippen LogP contribution in [0.4, 0.5) is 0 Å². The molecule has 0 radical (unpaired) electrons. The third kappa shape index (κ3) is 2.73. The first kappa shape index (κ1) is 12.1. The molecular formula is C10H16ClN3O. The number of carbonyl (C=O) groups is 1. The third-order valence-electron chi connectivity index (χ3n) is 2.23. The van der Waals surface area contributed by atoms with Crippen LogP contribution in [0.25, 0.3) is 0 Å². The molecule has 0 aromatic carbocycles. The quantitative estimate of drug-likeness (QED) is 0.844. The summed E-state index contributed by atoms with van der Waals surface area (Å²) in [6.45, 7) is 3.70. The molecule has 0 aliphatic rings. The highest BCUT2D eigenvalue weighted by molar-refractivity contribution is 6.31. The summed E-state index contributed by atoms with van der Waals surface area (Å²) in [4.78, 5) is 13.5. The van der Waals surface area contributed by atoms with Crippen molar-refractivity contribution < 1.29 is 4.79 Å². The van der Waals surface area contributed by atoms with Crippen molar-refractivity contribution in [2.75, 3.05) is 20.1 Å². The fraction of sp³-hybridized carbons (Fsp3) is 0.500. The molecule has 4 nitrogen and oxygen atoms in total. The number of aromatic nitrogens is 1. The molecule has 0 bridgehead atoms. The van der Waals surface area contributed by atoms with E-state index in [9.17, 15) is 4.79 Å². The topological polar surface area (TPSA) is 51.3 Å². The zero-order chi connectivity index (χ0) is 11.4. The van der Waals surface area contributed by atoms with Crippen LogP contribution in [0.15, 0.2) is 12.3 Å². The molecule has 15 heavy (non-hydrogen) atoms. The zero-order valence-electron chi connectivity index (χ0n) is 9.03. The molecule has 0 aliphatic carbocycles. The second-order valence-electron chi connectivity index (χ2n) is 3.34. The minimum atomic E-state index is -0.0470. The van der Waals surface area contributed by atoms with Crippen LogP contribution in [-0.4, -0.2) is 35.5 Å². The summed E-state index contributed by atoms with van der Waals surface area (Å²) < 4.78 is 1.83. The Balaban J connectivity index is 2.89.